The van der Waals surface area contributed by atoms with Crippen LogP contribution in [0.3, 0.4) is 0 Å². The van der Waals surface area contributed by atoms with Gasteiger partial charge in [-0.15, -0.1) is 5.10 Å². The van der Waals surface area contributed by atoms with E-state index in [1.54, 1.807) is 0 Å². The van der Waals surface area contributed by atoms with Crippen molar-refractivity contribution in [3.63, 3.8) is 0 Å². The molecule has 2 N–H and O–H groups in total. The predicted octanol–water partition coefficient (Wildman–Crippen LogP) is 2.51. The Labute approximate surface area is 104 Å². The number of aryl methyl sites for hydroxylation is 1. The van der Waals surface area contributed by atoms with Crippen LogP contribution in [0.4, 0.5) is 0 Å². The van der Waals surface area contributed by atoms with E-state index in [1.807, 2.05) is 10.9 Å². The van der Waals surface area contributed by atoms with E-state index in [1.165, 1.54) is 25.7 Å². The van der Waals surface area contributed by atoms with Gasteiger partial charge in [-0.2, -0.15) is 0 Å². The lowest BCUT2D eigenvalue weighted by Crippen LogP contribution is -2.23. The minimum absolute atomic E-state index is 0.119. The molecule has 3 unspecified atom stereocenters. The molecule has 1 aliphatic carbocycles. The Hall–Kier alpha value is -0.900. The molecule has 0 saturated heterocycles. The summed E-state index contributed by atoms with van der Waals surface area (Å²) in [5.41, 5.74) is 7.51. The summed E-state index contributed by atoms with van der Waals surface area (Å²) < 4.78 is 1.98. The van der Waals surface area contributed by atoms with E-state index in [4.69, 9.17) is 5.73 Å². The zero-order valence-electron chi connectivity index (χ0n) is 11.0. The minimum atomic E-state index is 0.119. The highest BCUT2D eigenvalue weighted by molar-refractivity contribution is 5.04. The predicted molar refractivity (Wildman–Crippen MR) is 68.4 cm³/mol. The summed E-state index contributed by atoms with van der Waals surface area (Å²) in [7, 11) is 0. The minimum Gasteiger partial charge on any atom is -0.322 e. The molecule has 0 aliphatic heterocycles. The molecule has 1 saturated carbocycles. The van der Waals surface area contributed by atoms with Crippen LogP contribution in [0.1, 0.15) is 57.7 Å². The molecule has 1 aliphatic rings. The Balaban J connectivity index is 2.03. The molecule has 17 heavy (non-hydrogen) atoms. The Bertz CT molecular complexity index is 347. The molecular weight excluding hydrogens is 212 g/mol. The summed E-state index contributed by atoms with van der Waals surface area (Å²) >= 11 is 0. The van der Waals surface area contributed by atoms with Crippen molar-refractivity contribution in [2.75, 3.05) is 0 Å². The van der Waals surface area contributed by atoms with E-state index in [-0.39, 0.29) is 6.04 Å². The molecule has 4 heteroatoms. The molecule has 0 amide bonds. The van der Waals surface area contributed by atoms with Crippen molar-refractivity contribution in [2.45, 2.75) is 58.5 Å². The van der Waals surface area contributed by atoms with E-state index in [9.17, 15) is 0 Å². The van der Waals surface area contributed by atoms with Crippen LogP contribution in [0.2, 0.25) is 0 Å². The first-order valence-electron chi connectivity index (χ1n) is 6.90. The first-order valence-corrected chi connectivity index (χ1v) is 6.90. The normalized spacial score (nSPS) is 26.3. The van der Waals surface area contributed by atoms with Gasteiger partial charge in [-0.25, -0.2) is 4.68 Å². The van der Waals surface area contributed by atoms with Crippen LogP contribution in [0.5, 0.6) is 0 Å². The van der Waals surface area contributed by atoms with Crippen molar-refractivity contribution in [3.05, 3.63) is 11.9 Å². The Morgan fingerprint density at radius 2 is 2.29 bits per heavy atom. The second-order valence-corrected chi connectivity index (χ2v) is 5.26. The van der Waals surface area contributed by atoms with Gasteiger partial charge in [0.15, 0.2) is 0 Å². The molecule has 0 bridgehead atoms. The first kappa shape index (κ1) is 12.6. The maximum absolute atomic E-state index is 6.39. The summed E-state index contributed by atoms with van der Waals surface area (Å²) in [6.07, 6.45) is 8.08. The van der Waals surface area contributed by atoms with Crippen molar-refractivity contribution in [3.8, 4) is 0 Å². The monoisotopic (exact) mass is 236 g/mol. The Kier molecular flexibility index (Phi) is 4.15. The van der Waals surface area contributed by atoms with Gasteiger partial charge in [0.1, 0.15) is 0 Å². The largest absolute Gasteiger partial charge is 0.322 e. The zero-order chi connectivity index (χ0) is 12.3. The fraction of sp³-hybridized carbons (Fsp3) is 0.846. The maximum Gasteiger partial charge on any atom is 0.0757 e. The van der Waals surface area contributed by atoms with E-state index >= 15 is 0 Å². The van der Waals surface area contributed by atoms with Gasteiger partial charge >= 0.3 is 0 Å². The lowest BCUT2D eigenvalue weighted by atomic mass is 9.94. The molecule has 0 aromatic carbocycles. The highest BCUT2D eigenvalue weighted by Crippen LogP contribution is 2.38. The quantitative estimate of drug-likeness (QED) is 0.854. The number of nitrogens with zero attached hydrogens (tertiary/aromatic N) is 3. The molecule has 3 atom stereocenters. The van der Waals surface area contributed by atoms with Gasteiger partial charge in [-0.3, -0.25) is 0 Å². The van der Waals surface area contributed by atoms with Crippen molar-refractivity contribution in [1.82, 2.24) is 15.0 Å². The third-order valence-electron chi connectivity index (χ3n) is 4.09. The van der Waals surface area contributed by atoms with Gasteiger partial charge in [-0.1, -0.05) is 31.9 Å². The Morgan fingerprint density at radius 1 is 1.47 bits per heavy atom. The molecule has 1 aromatic heterocycles. The Morgan fingerprint density at radius 3 is 2.94 bits per heavy atom. The van der Waals surface area contributed by atoms with Gasteiger partial charge in [0, 0.05) is 6.54 Å². The van der Waals surface area contributed by atoms with E-state index in [2.05, 4.69) is 24.2 Å². The maximum atomic E-state index is 6.39. The van der Waals surface area contributed by atoms with Gasteiger partial charge in [-0.05, 0) is 31.1 Å². The highest BCUT2D eigenvalue weighted by Gasteiger charge is 2.30. The molecule has 1 aromatic rings. The van der Waals surface area contributed by atoms with Crippen LogP contribution in [-0.4, -0.2) is 15.0 Å². The van der Waals surface area contributed by atoms with Gasteiger partial charge in [0.25, 0.3) is 0 Å². The van der Waals surface area contributed by atoms with E-state index in [0.29, 0.717) is 5.92 Å². The molecule has 4 nitrogen and oxygen atoms in total. The van der Waals surface area contributed by atoms with Crippen LogP contribution in [0.15, 0.2) is 6.20 Å². The van der Waals surface area contributed by atoms with Crippen molar-refractivity contribution in [2.24, 2.45) is 17.6 Å². The summed E-state index contributed by atoms with van der Waals surface area (Å²) in [5, 5.41) is 8.13. The second-order valence-electron chi connectivity index (χ2n) is 5.26. The van der Waals surface area contributed by atoms with Crippen LogP contribution >= 0.6 is 0 Å². The molecule has 1 fully saturated rings. The average molecular weight is 236 g/mol. The SMILES string of the molecule is CCCn1nncc1C(N)C1CCC(CC)C1. The zero-order valence-corrected chi connectivity index (χ0v) is 11.0. The first-order chi connectivity index (χ1) is 8.26. The van der Waals surface area contributed by atoms with Crippen LogP contribution in [0, 0.1) is 11.8 Å². The molecule has 0 radical (unpaired) electrons. The molecule has 0 spiro atoms. The number of hydrogen-bond donors (Lipinski definition) is 1. The standard InChI is InChI=1S/C13H24N4/c1-3-7-17-12(9-15-16-17)13(14)11-6-5-10(4-2)8-11/h9-11,13H,3-8,14H2,1-2H3. The summed E-state index contributed by atoms with van der Waals surface area (Å²) in [6, 6.07) is 0.119. The number of rotatable bonds is 5. The van der Waals surface area contributed by atoms with Crippen molar-refractivity contribution in [1.29, 1.82) is 0 Å². The van der Waals surface area contributed by atoms with E-state index in [0.717, 1.165) is 24.6 Å². The molecule has 1 heterocycles. The molecular formula is C13H24N4. The second kappa shape index (κ2) is 5.63. The number of aromatic nitrogens is 3. The third-order valence-corrected chi connectivity index (χ3v) is 4.09. The summed E-state index contributed by atoms with van der Waals surface area (Å²) in [5.74, 6) is 1.50. The van der Waals surface area contributed by atoms with Gasteiger partial charge < -0.3 is 5.73 Å². The van der Waals surface area contributed by atoms with Crippen molar-refractivity contribution >= 4 is 0 Å². The van der Waals surface area contributed by atoms with E-state index < -0.39 is 0 Å². The summed E-state index contributed by atoms with van der Waals surface area (Å²) in [6.45, 7) is 5.36. The summed E-state index contributed by atoms with van der Waals surface area (Å²) in [4.78, 5) is 0. The third kappa shape index (κ3) is 2.68. The molecule has 2 rings (SSSR count). The van der Waals surface area contributed by atoms with Crippen molar-refractivity contribution < 1.29 is 0 Å². The van der Waals surface area contributed by atoms with Gasteiger partial charge in [0.2, 0.25) is 0 Å². The average Bonchev–Trinajstić information content (AvgIpc) is 2.97. The lowest BCUT2D eigenvalue weighted by Gasteiger charge is -2.19. The number of nitrogens with two attached hydrogens (primary N) is 1. The fourth-order valence-corrected chi connectivity index (χ4v) is 2.96. The number of hydrogen-bond acceptors (Lipinski definition) is 3. The molecule has 96 valence electrons. The fourth-order valence-electron chi connectivity index (χ4n) is 2.96. The smallest absolute Gasteiger partial charge is 0.0757 e. The van der Waals surface area contributed by atoms with Crippen LogP contribution in [-0.2, 0) is 6.54 Å². The van der Waals surface area contributed by atoms with Crippen LogP contribution in [0.25, 0.3) is 0 Å². The highest BCUT2D eigenvalue weighted by atomic mass is 15.4. The topological polar surface area (TPSA) is 56.7 Å². The van der Waals surface area contributed by atoms with Crippen LogP contribution < -0.4 is 5.73 Å². The van der Waals surface area contributed by atoms with Gasteiger partial charge in [0.05, 0.1) is 17.9 Å². The lowest BCUT2D eigenvalue weighted by molar-refractivity contribution is 0.391.